The Labute approximate surface area is 234 Å². The first-order valence-electron chi connectivity index (χ1n) is 13.5. The van der Waals surface area contributed by atoms with Crippen LogP contribution in [0.4, 0.5) is 0 Å². The van der Waals surface area contributed by atoms with Crippen molar-refractivity contribution in [3.63, 3.8) is 0 Å². The van der Waals surface area contributed by atoms with Crippen LogP contribution in [0.3, 0.4) is 0 Å². The fourth-order valence-electron chi connectivity index (χ4n) is 5.15. The summed E-state index contributed by atoms with van der Waals surface area (Å²) >= 11 is 0. The number of nitrogens with zero attached hydrogens (tertiary/aromatic N) is 2. The van der Waals surface area contributed by atoms with Gasteiger partial charge in [0.15, 0.2) is 0 Å². The monoisotopic (exact) mass is 542 g/mol. The molecular weight excluding hydrogens is 508 g/mol. The lowest BCUT2D eigenvalue weighted by Crippen LogP contribution is -2.42. The van der Waals surface area contributed by atoms with E-state index in [1.807, 2.05) is 37.3 Å². The van der Waals surface area contributed by atoms with Crippen LogP contribution in [0.5, 0.6) is 11.5 Å². The van der Waals surface area contributed by atoms with E-state index < -0.39 is 17.7 Å². The van der Waals surface area contributed by atoms with E-state index in [-0.39, 0.29) is 11.3 Å². The van der Waals surface area contributed by atoms with Crippen LogP contribution in [-0.4, -0.2) is 73.1 Å². The van der Waals surface area contributed by atoms with Crippen LogP contribution in [0.15, 0.2) is 78.4 Å². The minimum absolute atomic E-state index is 0.0746. The topological polar surface area (TPSA) is 88.5 Å². The summed E-state index contributed by atoms with van der Waals surface area (Å²) in [5, 5.41) is 11.4. The normalized spacial score (nSPS) is 19.1. The SMILES string of the molecule is COc1ccc(C2/C(=C(/O)c3ccc(OCc4cccc(C)c4)cc3)C(=O)C(=O)N2CCN2CCOCC2)cc1. The van der Waals surface area contributed by atoms with Gasteiger partial charge in [0.25, 0.3) is 11.7 Å². The number of hydrogen-bond donors (Lipinski definition) is 1. The summed E-state index contributed by atoms with van der Waals surface area (Å²) in [7, 11) is 1.58. The Morgan fingerprint density at radius 1 is 0.950 bits per heavy atom. The first-order chi connectivity index (χ1) is 19.4. The molecule has 0 bridgehead atoms. The van der Waals surface area contributed by atoms with Gasteiger partial charge in [0.05, 0.1) is 31.9 Å². The van der Waals surface area contributed by atoms with E-state index in [9.17, 15) is 14.7 Å². The van der Waals surface area contributed by atoms with Gasteiger partial charge >= 0.3 is 0 Å². The number of carbonyl (C=O) groups excluding carboxylic acids is 2. The maximum atomic E-state index is 13.4. The van der Waals surface area contributed by atoms with Gasteiger partial charge in [0.2, 0.25) is 0 Å². The number of rotatable bonds is 9. The average molecular weight is 543 g/mol. The Morgan fingerprint density at radius 2 is 1.65 bits per heavy atom. The number of likely N-dealkylation sites (tertiary alicyclic amines) is 1. The predicted molar refractivity (Wildman–Crippen MR) is 151 cm³/mol. The highest BCUT2D eigenvalue weighted by atomic mass is 16.5. The Morgan fingerprint density at radius 3 is 2.33 bits per heavy atom. The van der Waals surface area contributed by atoms with E-state index in [1.165, 1.54) is 0 Å². The van der Waals surface area contributed by atoms with Crippen LogP contribution in [0.25, 0.3) is 5.76 Å². The number of aryl methyl sites for hydroxylation is 1. The van der Waals surface area contributed by atoms with E-state index >= 15 is 0 Å². The molecule has 2 aliphatic heterocycles. The summed E-state index contributed by atoms with van der Waals surface area (Å²) in [5.74, 6) is -0.224. The molecular formula is C32H34N2O6. The maximum absolute atomic E-state index is 13.4. The number of benzene rings is 3. The Kier molecular flexibility index (Phi) is 8.48. The Hall–Kier alpha value is -4.14. The standard InChI is InChI=1S/C32H34N2O6/c1-22-4-3-5-23(20-22)21-40-27-12-8-25(9-13-27)30(35)28-29(24-6-10-26(38-2)11-7-24)34(32(37)31(28)36)15-14-33-16-18-39-19-17-33/h3-13,20,29,35H,14-19,21H2,1-2H3/b30-28-. The molecule has 1 atom stereocenters. The van der Waals surface area contributed by atoms with Crippen LogP contribution < -0.4 is 9.47 Å². The number of methoxy groups -OCH3 is 1. The third-order valence-corrected chi connectivity index (χ3v) is 7.35. The zero-order valence-corrected chi connectivity index (χ0v) is 22.8. The van der Waals surface area contributed by atoms with Crippen LogP contribution in [-0.2, 0) is 20.9 Å². The van der Waals surface area contributed by atoms with Gasteiger partial charge in [0, 0.05) is 31.7 Å². The Bertz CT molecular complexity index is 1380. The molecule has 0 aromatic heterocycles. The molecule has 1 amide bonds. The molecule has 0 aliphatic carbocycles. The smallest absolute Gasteiger partial charge is 0.295 e. The molecule has 2 aliphatic rings. The molecule has 0 spiro atoms. The van der Waals surface area contributed by atoms with E-state index in [4.69, 9.17) is 14.2 Å². The molecule has 2 heterocycles. The zero-order chi connectivity index (χ0) is 28.1. The van der Waals surface area contributed by atoms with Gasteiger partial charge in [-0.25, -0.2) is 0 Å². The van der Waals surface area contributed by atoms with Crippen molar-refractivity contribution >= 4 is 17.4 Å². The largest absolute Gasteiger partial charge is 0.507 e. The summed E-state index contributed by atoms with van der Waals surface area (Å²) < 4.78 is 16.6. The predicted octanol–water partition coefficient (Wildman–Crippen LogP) is 4.34. The lowest BCUT2D eigenvalue weighted by atomic mass is 9.95. The third kappa shape index (κ3) is 6.03. The fraction of sp³-hybridized carbons (Fsp3) is 0.312. The van der Waals surface area contributed by atoms with Crippen molar-refractivity contribution in [2.24, 2.45) is 0 Å². The summed E-state index contributed by atoms with van der Waals surface area (Å²) in [6, 6.07) is 21.5. The van der Waals surface area contributed by atoms with Gasteiger partial charge in [-0.15, -0.1) is 0 Å². The van der Waals surface area contributed by atoms with Crippen molar-refractivity contribution in [3.05, 3.63) is 101 Å². The molecule has 8 nitrogen and oxygen atoms in total. The number of ketones is 1. The highest BCUT2D eigenvalue weighted by Crippen LogP contribution is 2.40. The lowest BCUT2D eigenvalue weighted by Gasteiger charge is -2.31. The minimum Gasteiger partial charge on any atom is -0.507 e. The highest BCUT2D eigenvalue weighted by molar-refractivity contribution is 6.46. The number of carbonyl (C=O) groups is 2. The third-order valence-electron chi connectivity index (χ3n) is 7.35. The van der Waals surface area contributed by atoms with Crippen LogP contribution >= 0.6 is 0 Å². The summed E-state index contributed by atoms with van der Waals surface area (Å²) in [6.07, 6.45) is 0. The molecule has 40 heavy (non-hydrogen) atoms. The molecule has 5 rings (SSSR count). The van der Waals surface area contributed by atoms with E-state index in [1.54, 1.807) is 48.4 Å². The summed E-state index contributed by atoms with van der Waals surface area (Å²) in [6.45, 7) is 6.24. The molecule has 0 radical (unpaired) electrons. The minimum atomic E-state index is -0.718. The average Bonchev–Trinajstić information content (AvgIpc) is 3.24. The first-order valence-corrected chi connectivity index (χ1v) is 13.5. The van der Waals surface area contributed by atoms with Gasteiger partial charge in [-0.3, -0.25) is 14.5 Å². The van der Waals surface area contributed by atoms with Gasteiger partial charge in [-0.1, -0.05) is 42.0 Å². The number of aliphatic hydroxyl groups is 1. The molecule has 2 fully saturated rings. The summed E-state index contributed by atoms with van der Waals surface area (Å²) in [5.41, 5.74) is 3.46. The van der Waals surface area contributed by atoms with Crippen LogP contribution in [0.1, 0.15) is 28.3 Å². The molecule has 1 N–H and O–H groups in total. The molecule has 3 aromatic rings. The van der Waals surface area contributed by atoms with E-state index in [0.29, 0.717) is 50.0 Å². The van der Waals surface area contributed by atoms with Crippen molar-refractivity contribution in [3.8, 4) is 11.5 Å². The Balaban J connectivity index is 1.41. The van der Waals surface area contributed by atoms with E-state index in [0.717, 1.165) is 29.8 Å². The second kappa shape index (κ2) is 12.4. The molecule has 1 unspecified atom stereocenters. The quantitative estimate of drug-likeness (QED) is 0.245. The van der Waals surface area contributed by atoms with E-state index in [2.05, 4.69) is 11.0 Å². The molecule has 208 valence electrons. The van der Waals surface area contributed by atoms with Crippen LogP contribution in [0, 0.1) is 6.92 Å². The fourth-order valence-corrected chi connectivity index (χ4v) is 5.15. The van der Waals surface area contributed by atoms with Gasteiger partial charge < -0.3 is 24.2 Å². The van der Waals surface area contributed by atoms with Crippen molar-refractivity contribution in [1.82, 2.24) is 9.80 Å². The lowest BCUT2D eigenvalue weighted by molar-refractivity contribution is -0.140. The maximum Gasteiger partial charge on any atom is 0.295 e. The van der Waals surface area contributed by atoms with Crippen molar-refractivity contribution in [2.45, 2.75) is 19.6 Å². The zero-order valence-electron chi connectivity index (χ0n) is 22.8. The van der Waals surface area contributed by atoms with Gasteiger partial charge in [-0.2, -0.15) is 0 Å². The van der Waals surface area contributed by atoms with Gasteiger partial charge in [0.1, 0.15) is 23.9 Å². The highest BCUT2D eigenvalue weighted by Gasteiger charge is 2.46. The second-order valence-corrected chi connectivity index (χ2v) is 10.0. The van der Waals surface area contributed by atoms with Gasteiger partial charge in [-0.05, 0) is 54.4 Å². The number of amides is 1. The molecule has 0 saturated carbocycles. The number of morpholine rings is 1. The van der Waals surface area contributed by atoms with Crippen molar-refractivity contribution in [2.75, 3.05) is 46.5 Å². The number of hydrogen-bond acceptors (Lipinski definition) is 7. The number of ether oxygens (including phenoxy) is 3. The van der Waals surface area contributed by atoms with Crippen LogP contribution in [0.2, 0.25) is 0 Å². The molecule has 3 aromatic carbocycles. The first kappa shape index (κ1) is 27.4. The number of Topliss-reactive ketones (excluding diaryl/α,β-unsaturated/α-hetero) is 1. The number of aliphatic hydroxyl groups excluding tert-OH is 1. The van der Waals surface area contributed by atoms with Crippen molar-refractivity contribution < 1.29 is 28.9 Å². The molecule has 2 saturated heterocycles. The molecule has 8 heteroatoms. The van der Waals surface area contributed by atoms with Crippen molar-refractivity contribution in [1.29, 1.82) is 0 Å². The summed E-state index contributed by atoms with van der Waals surface area (Å²) in [4.78, 5) is 30.4. The second-order valence-electron chi connectivity index (χ2n) is 10.0.